The van der Waals surface area contributed by atoms with E-state index in [1.54, 1.807) is 31.0 Å². The van der Waals surface area contributed by atoms with Crippen LogP contribution < -0.4 is 4.74 Å². The summed E-state index contributed by atoms with van der Waals surface area (Å²) in [6.07, 6.45) is 4.55. The van der Waals surface area contributed by atoms with Crippen LogP contribution in [0, 0.1) is 0 Å². The van der Waals surface area contributed by atoms with Crippen molar-refractivity contribution < 1.29 is 14.3 Å². The summed E-state index contributed by atoms with van der Waals surface area (Å²) in [5.74, 6) is 1.30. The molecule has 2 unspecified atom stereocenters. The largest absolute Gasteiger partial charge is 0.494 e. The average molecular weight is 498 g/mol. The molecule has 0 N–H and O–H groups in total. The highest BCUT2D eigenvalue weighted by Crippen LogP contribution is 2.38. The number of hydrogen-bond acceptors (Lipinski definition) is 6. The maximum Gasteiger partial charge on any atom is 0.319 e. The SMILES string of the molecule is COc1ccc(C(Cc2c(Cl)cncc2Cl)OC(=O)C2CCCS2)c2ccc(Cl)nc12. The number of aromatic nitrogens is 2. The van der Waals surface area contributed by atoms with Gasteiger partial charge in [-0.2, -0.15) is 0 Å². The number of rotatable bonds is 6. The number of benzene rings is 1. The minimum absolute atomic E-state index is 0.164. The fourth-order valence-corrected chi connectivity index (χ4v) is 5.46. The molecule has 2 atom stereocenters. The molecule has 1 aliphatic rings. The van der Waals surface area contributed by atoms with E-state index in [1.165, 1.54) is 12.4 Å². The van der Waals surface area contributed by atoms with Crippen molar-refractivity contribution in [2.45, 2.75) is 30.6 Å². The van der Waals surface area contributed by atoms with Crippen molar-refractivity contribution >= 4 is 63.4 Å². The second-order valence-corrected chi connectivity index (χ2v) is 9.61. The van der Waals surface area contributed by atoms with Gasteiger partial charge in [0.05, 0.1) is 17.2 Å². The lowest BCUT2D eigenvalue weighted by Crippen LogP contribution is -2.22. The molecule has 1 aliphatic heterocycles. The van der Waals surface area contributed by atoms with Gasteiger partial charge in [0.15, 0.2) is 0 Å². The van der Waals surface area contributed by atoms with Gasteiger partial charge in [-0.05, 0) is 42.4 Å². The molecular formula is C22H19Cl3N2O3S. The first-order valence-corrected chi connectivity index (χ1v) is 11.9. The van der Waals surface area contributed by atoms with Gasteiger partial charge in [-0.1, -0.05) is 40.9 Å². The topological polar surface area (TPSA) is 61.3 Å². The molecule has 162 valence electrons. The predicted molar refractivity (Wildman–Crippen MR) is 126 cm³/mol. The van der Waals surface area contributed by atoms with Gasteiger partial charge in [0, 0.05) is 29.8 Å². The zero-order valence-electron chi connectivity index (χ0n) is 16.6. The number of thioether (sulfide) groups is 1. The monoisotopic (exact) mass is 496 g/mol. The molecule has 0 radical (unpaired) electrons. The Hall–Kier alpha value is -1.73. The highest BCUT2D eigenvalue weighted by atomic mass is 35.5. The van der Waals surface area contributed by atoms with E-state index in [-0.39, 0.29) is 11.2 Å². The standard InChI is InChI=1S/C22H19Cl3N2O3S/c1-29-17-6-4-12(13-5-7-20(25)27-21(13)17)18(30-22(28)19-3-2-8-31-19)9-14-15(23)10-26-11-16(14)24/h4-7,10-11,18-19H,2-3,8-9H2,1H3. The molecule has 1 saturated heterocycles. The summed E-state index contributed by atoms with van der Waals surface area (Å²) >= 11 is 20.5. The van der Waals surface area contributed by atoms with Gasteiger partial charge in [-0.3, -0.25) is 9.78 Å². The smallest absolute Gasteiger partial charge is 0.319 e. The maximum atomic E-state index is 12.9. The number of nitrogens with zero attached hydrogens (tertiary/aromatic N) is 2. The molecular weight excluding hydrogens is 479 g/mol. The van der Waals surface area contributed by atoms with Gasteiger partial charge in [-0.15, -0.1) is 11.8 Å². The first-order valence-electron chi connectivity index (χ1n) is 9.71. The van der Waals surface area contributed by atoms with Crippen molar-refractivity contribution in [2.75, 3.05) is 12.9 Å². The summed E-state index contributed by atoms with van der Waals surface area (Å²) in [6, 6.07) is 7.22. The number of ether oxygens (including phenoxy) is 2. The van der Waals surface area contributed by atoms with Crippen molar-refractivity contribution in [1.29, 1.82) is 0 Å². The predicted octanol–water partition coefficient (Wildman–Crippen LogP) is 6.32. The van der Waals surface area contributed by atoms with E-state index in [1.807, 2.05) is 12.1 Å². The van der Waals surface area contributed by atoms with Gasteiger partial charge in [0.2, 0.25) is 0 Å². The van der Waals surface area contributed by atoms with Crippen LogP contribution in [0.3, 0.4) is 0 Å². The Labute approximate surface area is 199 Å². The van der Waals surface area contributed by atoms with E-state index in [0.717, 1.165) is 29.5 Å². The third-order valence-electron chi connectivity index (χ3n) is 5.18. The van der Waals surface area contributed by atoms with E-state index < -0.39 is 6.10 Å². The Balaban J connectivity index is 1.79. The van der Waals surface area contributed by atoms with Crippen LogP contribution in [-0.4, -0.2) is 34.0 Å². The molecule has 0 spiro atoms. The van der Waals surface area contributed by atoms with E-state index in [9.17, 15) is 4.79 Å². The van der Waals surface area contributed by atoms with Crippen molar-refractivity contribution in [3.63, 3.8) is 0 Å². The Kier molecular flexibility index (Phi) is 7.12. The molecule has 1 fully saturated rings. The fourth-order valence-electron chi connectivity index (χ4n) is 3.65. The number of fused-ring (bicyclic) bond motifs is 1. The normalized spacial score (nSPS) is 17.0. The van der Waals surface area contributed by atoms with Gasteiger partial charge in [0.1, 0.15) is 27.8 Å². The lowest BCUT2D eigenvalue weighted by atomic mass is 9.97. The van der Waals surface area contributed by atoms with Crippen LogP contribution in [0.2, 0.25) is 15.2 Å². The average Bonchev–Trinajstić information content (AvgIpc) is 3.30. The quantitative estimate of drug-likeness (QED) is 0.293. The molecule has 3 heterocycles. The summed E-state index contributed by atoms with van der Waals surface area (Å²) in [6.45, 7) is 0. The number of esters is 1. The molecule has 0 aliphatic carbocycles. The zero-order valence-corrected chi connectivity index (χ0v) is 19.7. The summed E-state index contributed by atoms with van der Waals surface area (Å²) in [5.41, 5.74) is 2.04. The first kappa shape index (κ1) is 22.5. The van der Waals surface area contributed by atoms with Crippen LogP contribution in [0.25, 0.3) is 10.9 Å². The highest BCUT2D eigenvalue weighted by molar-refractivity contribution is 8.00. The zero-order chi connectivity index (χ0) is 22.0. The van der Waals surface area contributed by atoms with E-state index in [4.69, 9.17) is 44.3 Å². The Morgan fingerprint density at radius 3 is 2.65 bits per heavy atom. The highest BCUT2D eigenvalue weighted by Gasteiger charge is 2.30. The summed E-state index contributed by atoms with van der Waals surface area (Å²) in [5, 5.41) is 1.80. The molecule has 0 bridgehead atoms. The van der Waals surface area contributed by atoms with Crippen molar-refractivity contribution in [2.24, 2.45) is 0 Å². The number of pyridine rings is 2. The second-order valence-electron chi connectivity index (χ2n) is 7.10. The molecule has 3 aromatic rings. The van der Waals surface area contributed by atoms with Gasteiger partial charge < -0.3 is 9.47 Å². The van der Waals surface area contributed by atoms with Crippen molar-refractivity contribution in [1.82, 2.24) is 9.97 Å². The fraction of sp³-hybridized carbons (Fsp3) is 0.318. The van der Waals surface area contributed by atoms with E-state index in [0.29, 0.717) is 38.4 Å². The van der Waals surface area contributed by atoms with E-state index in [2.05, 4.69) is 9.97 Å². The minimum Gasteiger partial charge on any atom is -0.494 e. The molecule has 31 heavy (non-hydrogen) atoms. The van der Waals surface area contributed by atoms with Crippen LogP contribution >= 0.6 is 46.6 Å². The molecule has 2 aromatic heterocycles. The molecule has 0 amide bonds. The van der Waals surface area contributed by atoms with Gasteiger partial charge >= 0.3 is 5.97 Å². The number of halogens is 3. The molecule has 9 heteroatoms. The number of carbonyl (C=O) groups is 1. The van der Waals surface area contributed by atoms with Crippen LogP contribution in [0.1, 0.15) is 30.1 Å². The molecule has 0 saturated carbocycles. The van der Waals surface area contributed by atoms with Gasteiger partial charge in [0.25, 0.3) is 0 Å². The summed E-state index contributed by atoms with van der Waals surface area (Å²) < 4.78 is 11.5. The van der Waals surface area contributed by atoms with Crippen LogP contribution in [0.4, 0.5) is 0 Å². The summed E-state index contributed by atoms with van der Waals surface area (Å²) in [7, 11) is 1.57. The third-order valence-corrected chi connectivity index (χ3v) is 7.40. The molecule has 5 nitrogen and oxygen atoms in total. The van der Waals surface area contributed by atoms with Crippen molar-refractivity contribution in [3.05, 3.63) is 63.0 Å². The van der Waals surface area contributed by atoms with Crippen LogP contribution in [0.15, 0.2) is 36.7 Å². The molecule has 1 aromatic carbocycles. The Morgan fingerprint density at radius 2 is 1.97 bits per heavy atom. The van der Waals surface area contributed by atoms with Crippen molar-refractivity contribution in [3.8, 4) is 5.75 Å². The lowest BCUT2D eigenvalue weighted by molar-refractivity contribution is -0.148. The van der Waals surface area contributed by atoms with E-state index >= 15 is 0 Å². The Morgan fingerprint density at radius 1 is 1.19 bits per heavy atom. The maximum absolute atomic E-state index is 12.9. The second kappa shape index (κ2) is 9.82. The van der Waals surface area contributed by atoms with Crippen LogP contribution in [0.5, 0.6) is 5.75 Å². The Bertz CT molecular complexity index is 1100. The molecule has 4 rings (SSSR count). The number of methoxy groups -OCH3 is 1. The van der Waals surface area contributed by atoms with Crippen LogP contribution in [-0.2, 0) is 16.0 Å². The number of carbonyl (C=O) groups excluding carboxylic acids is 1. The third kappa shape index (κ3) is 4.87. The number of hydrogen-bond donors (Lipinski definition) is 0. The van der Waals surface area contributed by atoms with Gasteiger partial charge in [-0.25, -0.2) is 4.98 Å². The summed E-state index contributed by atoms with van der Waals surface area (Å²) in [4.78, 5) is 21.4. The first-order chi connectivity index (χ1) is 15.0. The minimum atomic E-state index is -0.623. The lowest BCUT2D eigenvalue weighted by Gasteiger charge is -2.23.